The molecule has 23 heavy (non-hydrogen) atoms. The molecule has 2 heterocycles. The van der Waals surface area contributed by atoms with Crippen molar-refractivity contribution in [2.24, 2.45) is 0 Å². The number of unbranched alkanes of at least 4 members (excludes halogenated alkanes) is 1. The highest BCUT2D eigenvalue weighted by molar-refractivity contribution is 5.27. The zero-order valence-electron chi connectivity index (χ0n) is 13.1. The highest BCUT2D eigenvalue weighted by Gasteiger charge is 2.01. The van der Waals surface area contributed by atoms with Crippen LogP contribution in [-0.4, -0.2) is 25.2 Å². The number of aryl methyl sites for hydroxylation is 3. The molecule has 0 saturated carbocycles. The molecule has 0 amide bonds. The molecular weight excluding hydrogens is 294 g/mol. The average Bonchev–Trinajstić information content (AvgIpc) is 3.22. The van der Waals surface area contributed by atoms with Crippen LogP contribution in [0.2, 0.25) is 0 Å². The third kappa shape index (κ3) is 4.64. The maximum Gasteiger partial charge on any atom is 0.180 e. The van der Waals surface area contributed by atoms with Gasteiger partial charge in [0.05, 0.1) is 6.54 Å². The first-order chi connectivity index (χ1) is 11.3. The molecule has 0 saturated heterocycles. The van der Waals surface area contributed by atoms with Crippen LogP contribution in [0.3, 0.4) is 0 Å². The molecule has 120 valence electrons. The van der Waals surface area contributed by atoms with E-state index in [0.29, 0.717) is 12.4 Å². The Balaban J connectivity index is 1.38. The summed E-state index contributed by atoms with van der Waals surface area (Å²) >= 11 is 0. The first kappa shape index (κ1) is 15.2. The molecule has 0 unspecified atom stereocenters. The summed E-state index contributed by atoms with van der Waals surface area (Å²) < 4.78 is 10.5. The van der Waals surface area contributed by atoms with Gasteiger partial charge in [0.25, 0.3) is 0 Å². The second-order valence-electron chi connectivity index (χ2n) is 5.30. The van der Waals surface area contributed by atoms with Crippen LogP contribution in [0, 0.1) is 6.92 Å². The van der Waals surface area contributed by atoms with Gasteiger partial charge in [-0.25, -0.2) is 4.98 Å². The highest BCUT2D eigenvalue weighted by Crippen LogP contribution is 2.15. The number of hydrogen-bond donors (Lipinski definition) is 0. The average molecular weight is 313 g/mol. The van der Waals surface area contributed by atoms with E-state index < -0.39 is 0 Å². The van der Waals surface area contributed by atoms with Gasteiger partial charge in [0, 0.05) is 0 Å². The number of nitrogens with zero attached hydrogens (tertiary/aromatic N) is 5. The normalized spacial score (nSPS) is 10.8. The minimum absolute atomic E-state index is 0.417. The van der Waals surface area contributed by atoms with E-state index in [-0.39, 0.29) is 0 Å². The second-order valence-corrected chi connectivity index (χ2v) is 5.30. The van der Waals surface area contributed by atoms with Crippen LogP contribution in [0.4, 0.5) is 0 Å². The van der Waals surface area contributed by atoms with Gasteiger partial charge in [-0.3, -0.25) is 0 Å². The highest BCUT2D eigenvalue weighted by atomic mass is 16.5. The Hall–Kier alpha value is -2.70. The molecule has 0 aliphatic heterocycles. The Morgan fingerprint density at radius 3 is 2.74 bits per heavy atom. The molecule has 0 N–H and O–H groups in total. The molecular formula is C16H19N5O2. The van der Waals surface area contributed by atoms with E-state index in [9.17, 15) is 0 Å². The zero-order chi connectivity index (χ0) is 15.9. The molecule has 0 fully saturated rings. The van der Waals surface area contributed by atoms with Crippen molar-refractivity contribution in [2.75, 3.05) is 0 Å². The van der Waals surface area contributed by atoms with Gasteiger partial charge >= 0.3 is 0 Å². The third-order valence-corrected chi connectivity index (χ3v) is 3.42. The van der Waals surface area contributed by atoms with Crippen molar-refractivity contribution in [3.63, 3.8) is 0 Å². The van der Waals surface area contributed by atoms with Crippen LogP contribution in [0.25, 0.3) is 0 Å². The van der Waals surface area contributed by atoms with Gasteiger partial charge in [0.2, 0.25) is 0 Å². The fourth-order valence-electron chi connectivity index (χ4n) is 2.22. The van der Waals surface area contributed by atoms with Gasteiger partial charge in [-0.05, 0) is 49.1 Å². The fourth-order valence-corrected chi connectivity index (χ4v) is 2.22. The number of oxazole rings is 1. The maximum atomic E-state index is 5.64. The lowest BCUT2D eigenvalue weighted by Crippen LogP contribution is -2.03. The van der Waals surface area contributed by atoms with Gasteiger partial charge in [0.15, 0.2) is 12.2 Å². The van der Waals surface area contributed by atoms with Crippen molar-refractivity contribution < 1.29 is 9.15 Å². The molecule has 7 nitrogen and oxygen atoms in total. The summed E-state index contributed by atoms with van der Waals surface area (Å²) in [6, 6.07) is 8.15. The van der Waals surface area contributed by atoms with E-state index in [2.05, 4.69) is 32.5 Å². The number of ether oxygens (including phenoxy) is 1. The van der Waals surface area contributed by atoms with Gasteiger partial charge in [-0.15, -0.1) is 10.2 Å². The predicted octanol–water partition coefficient (Wildman–Crippen LogP) is 2.57. The number of rotatable bonds is 8. The topological polar surface area (TPSA) is 78.9 Å². The number of tetrazole rings is 1. The largest absolute Gasteiger partial charge is 0.487 e. The van der Waals surface area contributed by atoms with Crippen molar-refractivity contribution >= 4 is 0 Å². The molecule has 0 spiro atoms. The molecule has 2 aromatic heterocycles. The van der Waals surface area contributed by atoms with E-state index in [1.807, 2.05) is 19.1 Å². The van der Waals surface area contributed by atoms with E-state index in [4.69, 9.17) is 9.15 Å². The molecule has 0 aliphatic carbocycles. The Morgan fingerprint density at radius 1 is 1.17 bits per heavy atom. The van der Waals surface area contributed by atoms with Crippen molar-refractivity contribution in [3.05, 3.63) is 54.0 Å². The molecule has 3 aromatic rings. The molecule has 0 bridgehead atoms. The third-order valence-electron chi connectivity index (χ3n) is 3.42. The molecule has 3 rings (SSSR count). The Morgan fingerprint density at radius 2 is 2.04 bits per heavy atom. The smallest absolute Gasteiger partial charge is 0.180 e. The Kier molecular flexibility index (Phi) is 4.98. The lowest BCUT2D eigenvalue weighted by atomic mass is 10.1. The van der Waals surface area contributed by atoms with Gasteiger partial charge in [-0.2, -0.15) is 4.80 Å². The summed E-state index contributed by atoms with van der Waals surface area (Å²) in [6.45, 7) is 3.07. The van der Waals surface area contributed by atoms with Crippen LogP contribution in [0.5, 0.6) is 5.75 Å². The summed E-state index contributed by atoms with van der Waals surface area (Å²) in [5.41, 5.74) is 2.08. The molecule has 1 aromatic carbocycles. The Bertz CT molecular complexity index is 706. The van der Waals surface area contributed by atoms with Crippen LogP contribution in [0.15, 0.2) is 41.3 Å². The van der Waals surface area contributed by atoms with Gasteiger partial charge < -0.3 is 9.15 Å². The maximum absolute atomic E-state index is 5.64. The minimum Gasteiger partial charge on any atom is -0.487 e. The fraction of sp³-hybridized carbons (Fsp3) is 0.375. The lowest BCUT2D eigenvalue weighted by Gasteiger charge is -2.06. The van der Waals surface area contributed by atoms with E-state index >= 15 is 0 Å². The van der Waals surface area contributed by atoms with E-state index in [1.54, 1.807) is 11.1 Å². The minimum atomic E-state index is 0.417. The molecule has 0 radical (unpaired) electrons. The molecule has 7 heteroatoms. The van der Waals surface area contributed by atoms with Crippen molar-refractivity contribution in [1.82, 2.24) is 25.2 Å². The number of aromatic nitrogens is 5. The Labute approximate surface area is 134 Å². The quantitative estimate of drug-likeness (QED) is 0.595. The van der Waals surface area contributed by atoms with Crippen LogP contribution < -0.4 is 4.74 Å². The predicted molar refractivity (Wildman–Crippen MR) is 82.8 cm³/mol. The van der Waals surface area contributed by atoms with E-state index in [1.165, 1.54) is 12.0 Å². The molecule has 0 atom stereocenters. The van der Waals surface area contributed by atoms with Crippen LogP contribution in [-0.2, 0) is 19.6 Å². The first-order valence-corrected chi connectivity index (χ1v) is 7.63. The van der Waals surface area contributed by atoms with E-state index in [0.717, 1.165) is 37.3 Å². The summed E-state index contributed by atoms with van der Waals surface area (Å²) in [7, 11) is 0. The van der Waals surface area contributed by atoms with Gasteiger partial charge in [-0.1, -0.05) is 12.1 Å². The van der Waals surface area contributed by atoms with Crippen LogP contribution in [0.1, 0.15) is 29.9 Å². The zero-order valence-corrected chi connectivity index (χ0v) is 13.1. The summed E-state index contributed by atoms with van der Waals surface area (Å²) in [5, 5.41) is 12.0. The van der Waals surface area contributed by atoms with Crippen molar-refractivity contribution in [3.8, 4) is 5.75 Å². The summed E-state index contributed by atoms with van der Waals surface area (Å²) in [6.07, 6.45) is 6.12. The van der Waals surface area contributed by atoms with Crippen LogP contribution >= 0.6 is 0 Å². The molecule has 0 aliphatic rings. The van der Waals surface area contributed by atoms with Crippen molar-refractivity contribution in [1.29, 1.82) is 0 Å². The summed E-state index contributed by atoms with van der Waals surface area (Å²) in [4.78, 5) is 5.67. The second kappa shape index (κ2) is 7.53. The first-order valence-electron chi connectivity index (χ1n) is 7.63. The number of benzene rings is 1. The van der Waals surface area contributed by atoms with Crippen molar-refractivity contribution in [2.45, 2.75) is 39.3 Å². The monoisotopic (exact) mass is 313 g/mol. The lowest BCUT2D eigenvalue weighted by molar-refractivity contribution is 0.301. The SMILES string of the molecule is Cc1nnn(CCCCc2ccc(OCc3cocn3)cc2)n1. The number of hydrogen-bond acceptors (Lipinski definition) is 6. The van der Waals surface area contributed by atoms with Gasteiger partial charge in [0.1, 0.15) is 24.3 Å². The standard InChI is InChI=1S/C16H19N5O2/c1-13-18-20-21(19-13)9-3-2-4-14-5-7-16(8-6-14)23-11-15-10-22-12-17-15/h5-8,10,12H,2-4,9,11H2,1H3. The summed E-state index contributed by atoms with van der Waals surface area (Å²) in [5.74, 6) is 1.55.